The van der Waals surface area contributed by atoms with E-state index in [1.807, 2.05) is 39.8 Å². The maximum absolute atomic E-state index is 13.8. The molecule has 1 aliphatic rings. The Morgan fingerprint density at radius 2 is 1.76 bits per heavy atom. The molecule has 0 radical (unpaired) electrons. The van der Waals surface area contributed by atoms with E-state index in [2.05, 4.69) is 0 Å². The van der Waals surface area contributed by atoms with Crippen LogP contribution in [0.15, 0.2) is 41.0 Å². The number of allylic oxidation sites excluding steroid dienone is 2. The van der Waals surface area contributed by atoms with Crippen LogP contribution < -0.4 is 0 Å². The summed E-state index contributed by atoms with van der Waals surface area (Å²) in [4.78, 5) is 13.3. The first-order chi connectivity index (χ1) is 13.7. The van der Waals surface area contributed by atoms with Gasteiger partial charge in [0.2, 0.25) is 0 Å². The zero-order valence-corrected chi connectivity index (χ0v) is 18.0. The van der Waals surface area contributed by atoms with E-state index in [0.717, 1.165) is 28.3 Å². The summed E-state index contributed by atoms with van der Waals surface area (Å²) in [7, 11) is 0. The smallest absolute Gasteiger partial charge is 0.167 e. The van der Waals surface area contributed by atoms with Crippen molar-refractivity contribution in [1.29, 1.82) is 0 Å². The van der Waals surface area contributed by atoms with Crippen molar-refractivity contribution in [3.8, 4) is 0 Å². The van der Waals surface area contributed by atoms with Crippen LogP contribution in [-0.2, 0) is 4.79 Å². The number of thioether (sulfide) groups is 1. The highest BCUT2D eigenvalue weighted by Gasteiger charge is 2.32. The van der Waals surface area contributed by atoms with Gasteiger partial charge in [-0.1, -0.05) is 24.6 Å². The van der Waals surface area contributed by atoms with Crippen LogP contribution in [0.25, 0.3) is 5.57 Å². The Kier molecular flexibility index (Phi) is 6.47. The highest BCUT2D eigenvalue weighted by Crippen LogP contribution is 2.39. The van der Waals surface area contributed by atoms with E-state index in [4.69, 9.17) is 0 Å². The standard InChI is InChI=1S/C24H26F2O2S/c1-13-7-14(2)23(15(3)8-13)24-20(27)9-17(10-21(24)28)16(4)12-29-22-6-5-18(25)11-19(22)26/h5-8,11,16-17,27H,9-10,12H2,1-4H3. The molecule has 0 aromatic heterocycles. The Balaban J connectivity index is 1.76. The van der Waals surface area contributed by atoms with Gasteiger partial charge in [-0.05, 0) is 61.4 Å². The largest absolute Gasteiger partial charge is 0.512 e. The Hall–Kier alpha value is -2.14. The quantitative estimate of drug-likeness (QED) is 0.560. The van der Waals surface area contributed by atoms with Crippen LogP contribution >= 0.6 is 11.8 Å². The molecule has 2 nitrogen and oxygen atoms in total. The lowest BCUT2D eigenvalue weighted by Gasteiger charge is -2.29. The number of Topliss-reactive ketones (excluding diaryl/α,β-unsaturated/α-hetero) is 1. The molecular formula is C24H26F2O2S. The number of halogens is 2. The lowest BCUT2D eigenvalue weighted by Crippen LogP contribution is -2.25. The van der Waals surface area contributed by atoms with Gasteiger partial charge >= 0.3 is 0 Å². The number of hydrogen-bond donors (Lipinski definition) is 1. The molecule has 1 aliphatic carbocycles. The molecule has 154 valence electrons. The third-order valence-corrected chi connectivity index (χ3v) is 6.93. The second-order valence-electron chi connectivity index (χ2n) is 8.05. The summed E-state index contributed by atoms with van der Waals surface area (Å²) >= 11 is 1.31. The summed E-state index contributed by atoms with van der Waals surface area (Å²) in [5.74, 6) is -0.388. The van der Waals surface area contributed by atoms with Crippen molar-refractivity contribution in [3.05, 3.63) is 70.0 Å². The third-order valence-electron chi connectivity index (χ3n) is 5.60. The van der Waals surface area contributed by atoms with Crippen LogP contribution in [0, 0.1) is 44.2 Å². The van der Waals surface area contributed by atoms with Gasteiger partial charge in [-0.25, -0.2) is 8.78 Å². The van der Waals surface area contributed by atoms with Gasteiger partial charge in [0.25, 0.3) is 0 Å². The number of aliphatic hydroxyl groups is 1. The van der Waals surface area contributed by atoms with Crippen molar-refractivity contribution in [2.75, 3.05) is 5.75 Å². The minimum atomic E-state index is -0.595. The number of ketones is 1. The van der Waals surface area contributed by atoms with Crippen molar-refractivity contribution in [3.63, 3.8) is 0 Å². The topological polar surface area (TPSA) is 37.3 Å². The lowest BCUT2D eigenvalue weighted by molar-refractivity contribution is -0.115. The summed E-state index contributed by atoms with van der Waals surface area (Å²) in [6.45, 7) is 7.95. The number of hydrogen-bond acceptors (Lipinski definition) is 3. The Morgan fingerprint density at radius 3 is 2.34 bits per heavy atom. The Bertz CT molecular complexity index is 958. The van der Waals surface area contributed by atoms with Crippen molar-refractivity contribution in [2.24, 2.45) is 11.8 Å². The molecule has 0 aliphatic heterocycles. The lowest BCUT2D eigenvalue weighted by atomic mass is 9.77. The van der Waals surface area contributed by atoms with Gasteiger partial charge in [0, 0.05) is 29.6 Å². The Morgan fingerprint density at radius 1 is 1.10 bits per heavy atom. The van der Waals surface area contributed by atoms with Crippen molar-refractivity contribution >= 4 is 23.1 Å². The highest BCUT2D eigenvalue weighted by molar-refractivity contribution is 7.99. The fourth-order valence-corrected chi connectivity index (χ4v) is 5.21. The van der Waals surface area contributed by atoms with E-state index in [0.29, 0.717) is 29.1 Å². The molecule has 5 heteroatoms. The van der Waals surface area contributed by atoms with Gasteiger partial charge in [-0.3, -0.25) is 4.79 Å². The van der Waals surface area contributed by atoms with E-state index in [-0.39, 0.29) is 23.4 Å². The second-order valence-corrected chi connectivity index (χ2v) is 9.11. The van der Waals surface area contributed by atoms with Gasteiger partial charge in [0.05, 0.1) is 5.57 Å². The van der Waals surface area contributed by atoms with Crippen LogP contribution in [0.3, 0.4) is 0 Å². The molecule has 0 heterocycles. The zero-order chi connectivity index (χ0) is 21.3. The van der Waals surface area contributed by atoms with E-state index in [1.54, 1.807) is 0 Å². The SMILES string of the molecule is Cc1cc(C)c(C2=C(O)CC(C(C)CSc3ccc(F)cc3F)CC2=O)c(C)c1. The van der Waals surface area contributed by atoms with Gasteiger partial charge < -0.3 is 5.11 Å². The van der Waals surface area contributed by atoms with E-state index >= 15 is 0 Å². The molecule has 2 unspecified atom stereocenters. The number of carbonyl (C=O) groups is 1. The van der Waals surface area contributed by atoms with Crippen LogP contribution in [0.4, 0.5) is 8.78 Å². The second kappa shape index (κ2) is 8.70. The number of benzene rings is 2. The Labute approximate surface area is 175 Å². The fraction of sp³-hybridized carbons (Fsp3) is 0.375. The molecule has 2 aromatic rings. The summed E-state index contributed by atoms with van der Waals surface area (Å²) < 4.78 is 26.9. The molecule has 0 fully saturated rings. The molecule has 2 aromatic carbocycles. The van der Waals surface area contributed by atoms with Gasteiger partial charge in [0.1, 0.15) is 17.4 Å². The summed E-state index contributed by atoms with van der Waals surface area (Å²) in [5, 5.41) is 10.7. The highest BCUT2D eigenvalue weighted by atomic mass is 32.2. The van der Waals surface area contributed by atoms with Crippen molar-refractivity contribution in [2.45, 2.75) is 45.4 Å². The summed E-state index contributed by atoms with van der Waals surface area (Å²) in [5.41, 5.74) is 4.40. The molecule has 0 spiro atoms. The number of aryl methyl sites for hydroxylation is 3. The van der Waals surface area contributed by atoms with E-state index in [1.165, 1.54) is 23.9 Å². The van der Waals surface area contributed by atoms with E-state index < -0.39 is 11.6 Å². The van der Waals surface area contributed by atoms with Crippen LogP contribution in [0.2, 0.25) is 0 Å². The van der Waals surface area contributed by atoms with Gasteiger partial charge in [-0.2, -0.15) is 0 Å². The van der Waals surface area contributed by atoms with Gasteiger partial charge in [-0.15, -0.1) is 11.8 Å². The van der Waals surface area contributed by atoms with Crippen LogP contribution in [0.5, 0.6) is 0 Å². The van der Waals surface area contributed by atoms with E-state index in [9.17, 15) is 18.7 Å². The third kappa shape index (κ3) is 4.72. The first-order valence-electron chi connectivity index (χ1n) is 9.78. The van der Waals surface area contributed by atoms with Crippen LogP contribution in [-0.4, -0.2) is 16.6 Å². The first-order valence-corrected chi connectivity index (χ1v) is 10.8. The first kappa shape index (κ1) is 21.6. The predicted octanol–water partition coefficient (Wildman–Crippen LogP) is 6.57. The van der Waals surface area contributed by atoms with Crippen LogP contribution in [0.1, 0.15) is 42.0 Å². The molecular weight excluding hydrogens is 390 g/mol. The molecule has 29 heavy (non-hydrogen) atoms. The predicted molar refractivity (Wildman–Crippen MR) is 114 cm³/mol. The maximum Gasteiger partial charge on any atom is 0.167 e. The normalized spacial score (nSPS) is 18.3. The number of aliphatic hydroxyl groups excluding tert-OH is 1. The minimum absolute atomic E-state index is 0.00619. The molecule has 0 bridgehead atoms. The monoisotopic (exact) mass is 416 g/mol. The summed E-state index contributed by atoms with van der Waals surface area (Å²) in [6, 6.07) is 7.61. The maximum atomic E-state index is 13.8. The van der Waals surface area contributed by atoms with Crippen molar-refractivity contribution in [1.82, 2.24) is 0 Å². The molecule has 0 amide bonds. The molecule has 0 saturated carbocycles. The molecule has 0 saturated heterocycles. The molecule has 3 rings (SSSR count). The molecule has 2 atom stereocenters. The van der Waals surface area contributed by atoms with Gasteiger partial charge in [0.15, 0.2) is 5.78 Å². The average molecular weight is 417 g/mol. The number of carbonyl (C=O) groups excluding carboxylic acids is 1. The molecule has 1 N–H and O–H groups in total. The number of rotatable bonds is 5. The minimum Gasteiger partial charge on any atom is -0.512 e. The summed E-state index contributed by atoms with van der Waals surface area (Å²) in [6.07, 6.45) is 0.793. The van der Waals surface area contributed by atoms with Crippen molar-refractivity contribution < 1.29 is 18.7 Å². The average Bonchev–Trinajstić information content (AvgIpc) is 2.62. The fourth-order valence-electron chi connectivity index (χ4n) is 4.13. The zero-order valence-electron chi connectivity index (χ0n) is 17.2.